The van der Waals surface area contributed by atoms with Gasteiger partial charge in [0.25, 0.3) is 0 Å². The molecule has 4 rings (SSSR count). The van der Waals surface area contributed by atoms with Crippen molar-refractivity contribution in [3.8, 4) is 0 Å². The zero-order valence-electron chi connectivity index (χ0n) is 10.3. The van der Waals surface area contributed by atoms with Gasteiger partial charge in [0, 0.05) is 5.92 Å². The average Bonchev–Trinajstić information content (AvgIpc) is 2.75. The fourth-order valence-electron chi connectivity index (χ4n) is 4.46. The molecular weight excluding hydrogens is 262 g/mol. The highest BCUT2D eigenvalue weighted by Gasteiger charge is 2.67. The third-order valence-corrected chi connectivity index (χ3v) is 6.06. The monoisotopic (exact) mass is 277 g/mol. The first-order valence-electron chi connectivity index (χ1n) is 6.78. The fourth-order valence-corrected chi connectivity index (χ4v) is 5.15. The zero-order valence-corrected chi connectivity index (χ0v) is 11.2. The predicted octanol–water partition coefficient (Wildman–Crippen LogP) is 2.68. The van der Waals surface area contributed by atoms with E-state index in [1.807, 2.05) is 0 Å². The quantitative estimate of drug-likeness (QED) is 0.892. The molecule has 1 aromatic rings. The highest BCUT2D eigenvalue weighted by molar-refractivity contribution is 7.12. The van der Waals surface area contributed by atoms with Crippen LogP contribution in [0.15, 0.2) is 11.4 Å². The molecule has 0 radical (unpaired) electrons. The molecule has 2 bridgehead atoms. The number of amides is 1. The minimum atomic E-state index is -0.971. The van der Waals surface area contributed by atoms with Crippen molar-refractivity contribution in [2.75, 3.05) is 5.32 Å². The van der Waals surface area contributed by atoms with Gasteiger partial charge in [-0.1, -0.05) is 0 Å². The number of rotatable bonds is 3. The Morgan fingerprint density at radius 1 is 1.26 bits per heavy atom. The Hall–Kier alpha value is -1.36. The van der Waals surface area contributed by atoms with Crippen molar-refractivity contribution in [2.45, 2.75) is 19.3 Å². The summed E-state index contributed by atoms with van der Waals surface area (Å²) in [4.78, 5) is 23.5. The molecule has 3 saturated carbocycles. The lowest BCUT2D eigenvalue weighted by Crippen LogP contribution is -2.19. The molecule has 0 spiro atoms. The molecule has 3 aliphatic rings. The topological polar surface area (TPSA) is 66.4 Å². The first kappa shape index (κ1) is 11.5. The van der Waals surface area contributed by atoms with E-state index in [2.05, 4.69) is 5.32 Å². The van der Waals surface area contributed by atoms with E-state index in [1.54, 1.807) is 11.4 Å². The highest BCUT2D eigenvalue weighted by Crippen LogP contribution is 2.69. The minimum absolute atomic E-state index is 0.0347. The van der Waals surface area contributed by atoms with Gasteiger partial charge < -0.3 is 10.4 Å². The summed E-state index contributed by atoms with van der Waals surface area (Å²) in [5.74, 6) is 1.90. The van der Waals surface area contributed by atoms with Crippen LogP contribution in [0, 0.1) is 29.6 Å². The van der Waals surface area contributed by atoms with Crippen LogP contribution >= 0.6 is 11.3 Å². The van der Waals surface area contributed by atoms with Crippen LogP contribution in [0.4, 0.5) is 5.69 Å². The number of anilines is 1. The predicted molar refractivity (Wildman–Crippen MR) is 71.2 cm³/mol. The molecule has 0 aromatic carbocycles. The van der Waals surface area contributed by atoms with Gasteiger partial charge in [-0.15, -0.1) is 11.3 Å². The van der Waals surface area contributed by atoms with Gasteiger partial charge >= 0.3 is 5.97 Å². The summed E-state index contributed by atoms with van der Waals surface area (Å²) in [6.45, 7) is 0. The van der Waals surface area contributed by atoms with Crippen molar-refractivity contribution in [2.24, 2.45) is 29.6 Å². The molecular formula is C14H15NO3S. The number of carbonyl (C=O) groups excluding carboxylic acids is 1. The fraction of sp³-hybridized carbons (Fsp3) is 0.571. The molecule has 1 heterocycles. The summed E-state index contributed by atoms with van der Waals surface area (Å²) in [5, 5.41) is 13.6. The van der Waals surface area contributed by atoms with E-state index in [-0.39, 0.29) is 16.7 Å². The van der Waals surface area contributed by atoms with Crippen LogP contribution in [0.3, 0.4) is 0 Å². The third-order valence-electron chi connectivity index (χ3n) is 5.16. The van der Waals surface area contributed by atoms with E-state index < -0.39 is 5.97 Å². The molecule has 5 heteroatoms. The molecule has 19 heavy (non-hydrogen) atoms. The standard InChI is InChI=1S/C14H15NO3S/c16-13(15-8-3-4-19-12(8)14(17)18)11-9-6-1-2-7(5-6)10(9)11/h3-4,6-7,9-11H,1-2,5H2,(H,15,16)(H,17,18). The van der Waals surface area contributed by atoms with E-state index >= 15 is 0 Å². The van der Waals surface area contributed by atoms with E-state index in [0.717, 1.165) is 23.2 Å². The number of thiophene rings is 1. The molecule has 1 amide bonds. The normalized spacial score (nSPS) is 38.0. The van der Waals surface area contributed by atoms with Gasteiger partial charge in [-0.3, -0.25) is 4.79 Å². The second kappa shape index (κ2) is 3.82. The minimum Gasteiger partial charge on any atom is -0.477 e. The van der Waals surface area contributed by atoms with Gasteiger partial charge in [-0.2, -0.15) is 0 Å². The third kappa shape index (κ3) is 1.57. The van der Waals surface area contributed by atoms with Gasteiger partial charge in [0.15, 0.2) is 0 Å². The maximum Gasteiger partial charge on any atom is 0.348 e. The molecule has 100 valence electrons. The molecule has 4 atom stereocenters. The van der Waals surface area contributed by atoms with Crippen molar-refractivity contribution in [3.63, 3.8) is 0 Å². The van der Waals surface area contributed by atoms with E-state index in [1.165, 1.54) is 19.3 Å². The molecule has 1 aromatic heterocycles. The number of fused-ring (bicyclic) bond motifs is 5. The van der Waals surface area contributed by atoms with Crippen LogP contribution in [-0.4, -0.2) is 17.0 Å². The van der Waals surface area contributed by atoms with Crippen molar-refractivity contribution < 1.29 is 14.7 Å². The van der Waals surface area contributed by atoms with Crippen LogP contribution in [-0.2, 0) is 4.79 Å². The maximum absolute atomic E-state index is 12.3. The first-order chi connectivity index (χ1) is 9.16. The molecule has 3 fully saturated rings. The lowest BCUT2D eigenvalue weighted by molar-refractivity contribution is -0.118. The molecule has 0 saturated heterocycles. The summed E-state index contributed by atoms with van der Waals surface area (Å²) in [6, 6.07) is 1.68. The Balaban J connectivity index is 1.48. The molecule has 3 aliphatic carbocycles. The molecule has 4 nitrogen and oxygen atoms in total. The van der Waals surface area contributed by atoms with Gasteiger partial charge in [-0.05, 0) is 54.4 Å². The Morgan fingerprint density at radius 2 is 1.95 bits per heavy atom. The average molecular weight is 277 g/mol. The summed E-state index contributed by atoms with van der Waals surface area (Å²) >= 11 is 1.15. The summed E-state index contributed by atoms with van der Waals surface area (Å²) < 4.78 is 0. The van der Waals surface area contributed by atoms with Crippen molar-refractivity contribution in [1.82, 2.24) is 0 Å². The second-order valence-corrected chi connectivity index (χ2v) is 6.89. The smallest absolute Gasteiger partial charge is 0.348 e. The van der Waals surface area contributed by atoms with Gasteiger partial charge in [-0.25, -0.2) is 4.79 Å². The molecule has 4 unspecified atom stereocenters. The van der Waals surface area contributed by atoms with Gasteiger partial charge in [0.05, 0.1) is 5.69 Å². The summed E-state index contributed by atoms with van der Waals surface area (Å²) in [5.41, 5.74) is 0.458. The van der Waals surface area contributed by atoms with Crippen molar-refractivity contribution in [1.29, 1.82) is 0 Å². The number of nitrogens with one attached hydrogen (secondary N) is 1. The zero-order chi connectivity index (χ0) is 13.1. The number of carboxylic acids is 1. The highest BCUT2D eigenvalue weighted by atomic mass is 32.1. The number of aromatic carboxylic acids is 1. The Kier molecular flexibility index (Phi) is 2.31. The van der Waals surface area contributed by atoms with E-state index in [9.17, 15) is 9.59 Å². The molecule has 2 N–H and O–H groups in total. The van der Waals surface area contributed by atoms with Crippen LogP contribution in [0.5, 0.6) is 0 Å². The number of hydrogen-bond donors (Lipinski definition) is 2. The Morgan fingerprint density at radius 3 is 2.58 bits per heavy atom. The number of carbonyl (C=O) groups is 2. The summed E-state index contributed by atoms with van der Waals surface area (Å²) in [7, 11) is 0. The second-order valence-electron chi connectivity index (χ2n) is 5.97. The lowest BCUT2D eigenvalue weighted by Gasteiger charge is -2.09. The first-order valence-corrected chi connectivity index (χ1v) is 7.66. The van der Waals surface area contributed by atoms with Crippen molar-refractivity contribution in [3.05, 3.63) is 16.3 Å². The summed E-state index contributed by atoms with van der Waals surface area (Å²) in [6.07, 6.45) is 3.89. The number of hydrogen-bond acceptors (Lipinski definition) is 3. The van der Waals surface area contributed by atoms with E-state index in [0.29, 0.717) is 17.5 Å². The van der Waals surface area contributed by atoms with Gasteiger partial charge in [0.1, 0.15) is 4.88 Å². The van der Waals surface area contributed by atoms with Crippen LogP contribution in [0.1, 0.15) is 28.9 Å². The van der Waals surface area contributed by atoms with Crippen molar-refractivity contribution >= 4 is 28.9 Å². The van der Waals surface area contributed by atoms with Crippen LogP contribution < -0.4 is 5.32 Å². The largest absolute Gasteiger partial charge is 0.477 e. The Bertz CT molecular complexity index is 551. The SMILES string of the molecule is O=C(O)c1sccc1NC(=O)C1C2C3CCC(C3)C12. The number of carboxylic acid groups (broad SMARTS) is 1. The Labute approximate surface area is 114 Å². The van der Waals surface area contributed by atoms with Crippen LogP contribution in [0.2, 0.25) is 0 Å². The maximum atomic E-state index is 12.3. The lowest BCUT2D eigenvalue weighted by atomic mass is 10.0. The van der Waals surface area contributed by atoms with Gasteiger partial charge in [0.2, 0.25) is 5.91 Å². The molecule has 0 aliphatic heterocycles. The van der Waals surface area contributed by atoms with Crippen LogP contribution in [0.25, 0.3) is 0 Å². The van der Waals surface area contributed by atoms with E-state index in [4.69, 9.17) is 5.11 Å².